The van der Waals surface area contributed by atoms with Gasteiger partial charge in [-0.05, 0) is 42.0 Å². The highest BCUT2D eigenvalue weighted by atomic mass is 31.2. The van der Waals surface area contributed by atoms with E-state index in [0.29, 0.717) is 11.1 Å². The molecule has 9 nitrogen and oxygen atoms in total. The zero-order valence-corrected chi connectivity index (χ0v) is 18.9. The Balaban J connectivity index is 1.64. The Morgan fingerprint density at radius 2 is 1.71 bits per heavy atom. The first-order valence-electron chi connectivity index (χ1n) is 10.1. The molecule has 0 aliphatic heterocycles. The number of rotatable bonds is 8. The molecule has 1 heterocycles. The first-order valence-corrected chi connectivity index (χ1v) is 11.6. The van der Waals surface area contributed by atoms with Crippen molar-refractivity contribution in [2.24, 2.45) is 0 Å². The zero-order chi connectivity index (χ0) is 24.1. The largest absolute Gasteiger partial charge is 0.513 e. The molecule has 0 fully saturated rings. The maximum atomic E-state index is 13.4. The van der Waals surface area contributed by atoms with Gasteiger partial charge in [0, 0.05) is 6.07 Å². The van der Waals surface area contributed by atoms with E-state index in [1.54, 1.807) is 42.5 Å². The van der Waals surface area contributed by atoms with E-state index >= 15 is 0 Å². The summed E-state index contributed by atoms with van der Waals surface area (Å²) in [5.41, 5.74) is 0.816. The van der Waals surface area contributed by atoms with Crippen molar-refractivity contribution < 1.29 is 32.7 Å². The summed E-state index contributed by atoms with van der Waals surface area (Å²) in [4.78, 5) is 24.5. The van der Waals surface area contributed by atoms with E-state index in [4.69, 9.17) is 13.5 Å². The maximum absolute atomic E-state index is 13.4. The van der Waals surface area contributed by atoms with Crippen LogP contribution in [-0.2, 0) is 14.1 Å². The molecule has 4 aromatic rings. The highest BCUT2D eigenvalue weighted by Crippen LogP contribution is 2.45. The van der Waals surface area contributed by atoms with E-state index in [1.807, 2.05) is 0 Å². The molecule has 2 N–H and O–H groups in total. The van der Waals surface area contributed by atoms with Crippen molar-refractivity contribution in [2.45, 2.75) is 0 Å². The van der Waals surface area contributed by atoms with Gasteiger partial charge in [0.2, 0.25) is 0 Å². The van der Waals surface area contributed by atoms with Gasteiger partial charge in [0.1, 0.15) is 35.6 Å². The normalized spacial score (nSPS) is 12.6. The second-order valence-electron chi connectivity index (χ2n) is 7.09. The van der Waals surface area contributed by atoms with Gasteiger partial charge < -0.3 is 23.3 Å². The standard InChI is InChI=1S/C24H20NO8P/c1-30-23(27)14-25-34(29,32-18-5-3-2-4-6-18)33-19-11-12-20-22(13-19)31-15-21(24(20)28)16-7-9-17(26)10-8-16/h2-13,15,26H,14H2,1H3,(H,25,29). The van der Waals surface area contributed by atoms with Crippen LogP contribution in [0.5, 0.6) is 17.2 Å². The average Bonchev–Trinajstić information content (AvgIpc) is 2.84. The number of fused-ring (bicyclic) bond motifs is 1. The third-order valence-corrected chi connectivity index (χ3v) is 6.21. The first-order chi connectivity index (χ1) is 16.4. The third kappa shape index (κ3) is 5.28. The molecule has 34 heavy (non-hydrogen) atoms. The van der Waals surface area contributed by atoms with Crippen LogP contribution in [0.4, 0.5) is 0 Å². The number of para-hydroxylation sites is 1. The molecule has 3 aromatic carbocycles. The maximum Gasteiger partial charge on any atom is 0.513 e. The average molecular weight is 481 g/mol. The molecule has 0 radical (unpaired) electrons. The van der Waals surface area contributed by atoms with E-state index in [9.17, 15) is 19.3 Å². The van der Waals surface area contributed by atoms with Gasteiger partial charge >= 0.3 is 13.7 Å². The summed E-state index contributed by atoms with van der Waals surface area (Å²) in [5, 5.41) is 12.2. The fourth-order valence-corrected chi connectivity index (χ4v) is 4.36. The van der Waals surface area contributed by atoms with Crippen LogP contribution in [0.15, 0.2) is 88.3 Å². The lowest BCUT2D eigenvalue weighted by molar-refractivity contribution is -0.139. The number of phenols is 1. The molecular formula is C24H20NO8P. The second kappa shape index (κ2) is 9.82. The molecule has 0 amide bonds. The van der Waals surface area contributed by atoms with Crippen molar-refractivity contribution in [3.8, 4) is 28.4 Å². The number of esters is 1. The van der Waals surface area contributed by atoms with Crippen LogP contribution in [0.25, 0.3) is 22.1 Å². The molecule has 0 saturated carbocycles. The van der Waals surface area contributed by atoms with Gasteiger partial charge in [-0.3, -0.25) is 9.59 Å². The fraction of sp³-hybridized carbons (Fsp3) is 0.0833. The van der Waals surface area contributed by atoms with Gasteiger partial charge in [-0.1, -0.05) is 30.3 Å². The lowest BCUT2D eigenvalue weighted by atomic mass is 10.1. The predicted octanol–water partition coefficient (Wildman–Crippen LogP) is 4.49. The molecule has 0 saturated heterocycles. The summed E-state index contributed by atoms with van der Waals surface area (Å²) in [6.07, 6.45) is 1.30. The Hall–Kier alpha value is -4.07. The molecule has 1 unspecified atom stereocenters. The van der Waals surface area contributed by atoms with Crippen molar-refractivity contribution >= 4 is 24.7 Å². The second-order valence-corrected chi connectivity index (χ2v) is 8.76. The Morgan fingerprint density at radius 1 is 1.00 bits per heavy atom. The molecule has 4 rings (SSSR count). The lowest BCUT2D eigenvalue weighted by Gasteiger charge is -2.20. The van der Waals surface area contributed by atoms with Crippen LogP contribution in [0, 0.1) is 0 Å². The Bertz CT molecular complexity index is 1420. The number of hydrogen-bond acceptors (Lipinski definition) is 8. The summed E-state index contributed by atoms with van der Waals surface area (Å²) in [6.45, 7) is -0.417. The van der Waals surface area contributed by atoms with Crippen LogP contribution < -0.4 is 19.6 Å². The van der Waals surface area contributed by atoms with Crippen LogP contribution in [-0.4, -0.2) is 24.7 Å². The van der Waals surface area contributed by atoms with Gasteiger partial charge in [0.25, 0.3) is 0 Å². The molecule has 0 bridgehead atoms. The molecule has 0 aliphatic carbocycles. The van der Waals surface area contributed by atoms with Crippen LogP contribution in [0.1, 0.15) is 0 Å². The van der Waals surface area contributed by atoms with E-state index < -0.39 is 20.3 Å². The number of ether oxygens (including phenoxy) is 1. The highest BCUT2D eigenvalue weighted by molar-refractivity contribution is 7.52. The lowest BCUT2D eigenvalue weighted by Crippen LogP contribution is -2.26. The predicted molar refractivity (Wildman–Crippen MR) is 125 cm³/mol. The van der Waals surface area contributed by atoms with E-state index in [1.165, 1.54) is 43.7 Å². The number of benzene rings is 3. The molecule has 174 valence electrons. The smallest absolute Gasteiger partial charge is 0.508 e. The van der Waals surface area contributed by atoms with Gasteiger partial charge in [-0.25, -0.2) is 4.57 Å². The quantitative estimate of drug-likeness (QED) is 0.277. The SMILES string of the molecule is COC(=O)CNP(=O)(Oc1ccccc1)Oc1ccc2c(=O)c(-c3ccc(O)cc3)coc2c1. The van der Waals surface area contributed by atoms with Gasteiger partial charge in [0.05, 0.1) is 18.1 Å². The number of nitrogens with one attached hydrogen (secondary N) is 1. The van der Waals surface area contributed by atoms with Crippen LogP contribution >= 0.6 is 7.75 Å². The zero-order valence-electron chi connectivity index (χ0n) is 18.0. The highest BCUT2D eigenvalue weighted by Gasteiger charge is 2.30. The third-order valence-electron chi connectivity index (χ3n) is 4.76. The van der Waals surface area contributed by atoms with Crippen molar-refractivity contribution in [2.75, 3.05) is 13.7 Å². The summed E-state index contributed by atoms with van der Waals surface area (Å²) in [6, 6.07) is 18.8. The van der Waals surface area contributed by atoms with Gasteiger partial charge in [-0.2, -0.15) is 5.09 Å². The summed E-state index contributed by atoms with van der Waals surface area (Å²) >= 11 is 0. The van der Waals surface area contributed by atoms with Crippen molar-refractivity contribution in [3.63, 3.8) is 0 Å². The van der Waals surface area contributed by atoms with E-state index in [2.05, 4.69) is 9.82 Å². The number of hydrogen-bond donors (Lipinski definition) is 2. The Kier molecular flexibility index (Phi) is 6.67. The Morgan fingerprint density at radius 3 is 2.41 bits per heavy atom. The van der Waals surface area contributed by atoms with Crippen molar-refractivity contribution in [1.29, 1.82) is 0 Å². The number of methoxy groups -OCH3 is 1. The molecule has 1 atom stereocenters. The summed E-state index contributed by atoms with van der Waals surface area (Å²) < 4.78 is 34.7. The van der Waals surface area contributed by atoms with Crippen molar-refractivity contribution in [1.82, 2.24) is 5.09 Å². The van der Waals surface area contributed by atoms with Crippen molar-refractivity contribution in [3.05, 3.63) is 89.3 Å². The summed E-state index contributed by atoms with van der Waals surface area (Å²) in [7, 11) is -2.88. The van der Waals surface area contributed by atoms with E-state index in [0.717, 1.165) is 0 Å². The molecule has 0 spiro atoms. The first kappa shape index (κ1) is 23.1. The number of carbonyl (C=O) groups excluding carboxylic acids is 1. The Labute approximate surface area is 194 Å². The summed E-state index contributed by atoms with van der Waals surface area (Å²) in [5.74, 6) is -0.232. The number of phenolic OH excluding ortho intramolecular Hbond substituents is 1. The molecular weight excluding hydrogens is 461 g/mol. The minimum absolute atomic E-state index is 0.0821. The molecule has 1 aromatic heterocycles. The number of aromatic hydroxyl groups is 1. The fourth-order valence-electron chi connectivity index (χ4n) is 3.08. The molecule has 10 heteroatoms. The van der Waals surface area contributed by atoms with E-state index in [-0.39, 0.29) is 33.6 Å². The number of carbonyl (C=O) groups is 1. The van der Waals surface area contributed by atoms with Crippen LogP contribution in [0.2, 0.25) is 0 Å². The monoisotopic (exact) mass is 481 g/mol. The molecule has 0 aliphatic rings. The van der Waals surface area contributed by atoms with Crippen LogP contribution in [0.3, 0.4) is 0 Å². The minimum Gasteiger partial charge on any atom is -0.508 e. The van der Waals surface area contributed by atoms with Gasteiger partial charge in [-0.15, -0.1) is 0 Å². The minimum atomic E-state index is -4.08. The van der Waals surface area contributed by atoms with Gasteiger partial charge in [0.15, 0.2) is 5.43 Å². The topological polar surface area (TPSA) is 124 Å².